The molecular formula is C17H13ClN2O2S. The van der Waals surface area contributed by atoms with E-state index < -0.39 is 0 Å². The zero-order valence-electron chi connectivity index (χ0n) is 12.1. The molecule has 1 atom stereocenters. The molecule has 0 bridgehead atoms. The van der Waals surface area contributed by atoms with E-state index in [1.54, 1.807) is 6.07 Å². The van der Waals surface area contributed by atoms with Crippen LogP contribution in [0.4, 0.5) is 5.13 Å². The highest BCUT2D eigenvalue weighted by Crippen LogP contribution is 2.31. The van der Waals surface area contributed by atoms with E-state index in [1.165, 1.54) is 11.3 Å². The van der Waals surface area contributed by atoms with E-state index in [4.69, 9.17) is 16.3 Å². The molecule has 0 saturated carbocycles. The Labute approximate surface area is 142 Å². The van der Waals surface area contributed by atoms with Crippen LogP contribution in [0, 0.1) is 5.92 Å². The number of anilines is 1. The average molecular weight is 345 g/mol. The van der Waals surface area contributed by atoms with Gasteiger partial charge in [0.05, 0.1) is 16.1 Å². The number of carbonyl (C=O) groups excluding carboxylic acids is 1. The van der Waals surface area contributed by atoms with Gasteiger partial charge in [0, 0.05) is 5.02 Å². The van der Waals surface area contributed by atoms with Gasteiger partial charge in [0.15, 0.2) is 5.13 Å². The maximum atomic E-state index is 12.5. The molecule has 2 heterocycles. The molecule has 1 N–H and O–H groups in total. The van der Waals surface area contributed by atoms with Crippen molar-refractivity contribution in [3.8, 4) is 5.75 Å². The van der Waals surface area contributed by atoms with Crippen LogP contribution in [0.5, 0.6) is 5.75 Å². The summed E-state index contributed by atoms with van der Waals surface area (Å²) in [6.07, 6.45) is 0.618. The summed E-state index contributed by atoms with van der Waals surface area (Å²) in [5.41, 5.74) is 1.86. The fourth-order valence-corrected chi connectivity index (χ4v) is 3.73. The fraction of sp³-hybridized carbons (Fsp3) is 0.176. The number of nitrogens with zero attached hydrogens (tertiary/aromatic N) is 1. The summed E-state index contributed by atoms with van der Waals surface area (Å²) in [5.74, 6) is 0.487. The van der Waals surface area contributed by atoms with E-state index in [0.717, 1.165) is 21.5 Å². The highest BCUT2D eigenvalue weighted by atomic mass is 35.5. The van der Waals surface area contributed by atoms with Gasteiger partial charge in [0.1, 0.15) is 12.4 Å². The second-order valence-corrected chi connectivity index (χ2v) is 6.91. The van der Waals surface area contributed by atoms with Crippen LogP contribution < -0.4 is 10.1 Å². The number of nitrogens with one attached hydrogen (secondary N) is 1. The standard InChI is InChI=1S/C17H13ClN2O2S/c18-12-5-6-14-10(8-12)7-11(9-22-14)16(21)20-17-19-13-3-1-2-4-15(13)23-17/h1-6,8,11H,7,9H2,(H,19,20,21). The van der Waals surface area contributed by atoms with Crippen molar-refractivity contribution >= 4 is 44.2 Å². The zero-order chi connectivity index (χ0) is 15.8. The summed E-state index contributed by atoms with van der Waals surface area (Å²) >= 11 is 7.49. The maximum Gasteiger partial charge on any atom is 0.233 e. The SMILES string of the molecule is O=C(Nc1nc2ccccc2s1)C1COc2ccc(Cl)cc2C1. The lowest BCUT2D eigenvalue weighted by atomic mass is 9.96. The Morgan fingerprint density at radius 3 is 3.04 bits per heavy atom. The zero-order valence-corrected chi connectivity index (χ0v) is 13.7. The summed E-state index contributed by atoms with van der Waals surface area (Å²) in [6.45, 7) is 0.366. The van der Waals surface area contributed by atoms with Crippen LogP contribution >= 0.6 is 22.9 Å². The van der Waals surface area contributed by atoms with Gasteiger partial charge in [-0.3, -0.25) is 4.79 Å². The largest absolute Gasteiger partial charge is 0.492 e. The molecule has 1 aromatic heterocycles. The first-order chi connectivity index (χ1) is 11.2. The van der Waals surface area contributed by atoms with Crippen molar-refractivity contribution in [2.24, 2.45) is 5.92 Å². The van der Waals surface area contributed by atoms with E-state index in [9.17, 15) is 4.79 Å². The maximum absolute atomic E-state index is 12.5. The Hall–Kier alpha value is -2.11. The molecule has 23 heavy (non-hydrogen) atoms. The molecule has 4 rings (SSSR count). The number of halogens is 1. The van der Waals surface area contributed by atoms with Crippen LogP contribution in [-0.4, -0.2) is 17.5 Å². The number of thiazole rings is 1. The Bertz CT molecular complexity index is 860. The van der Waals surface area contributed by atoms with Gasteiger partial charge in [-0.05, 0) is 42.3 Å². The van der Waals surface area contributed by atoms with Gasteiger partial charge in [0.2, 0.25) is 5.91 Å². The minimum atomic E-state index is -0.243. The van der Waals surface area contributed by atoms with Crippen molar-refractivity contribution < 1.29 is 9.53 Å². The molecule has 116 valence electrons. The van der Waals surface area contributed by atoms with E-state index in [0.29, 0.717) is 23.2 Å². The molecule has 1 aliphatic rings. The van der Waals surface area contributed by atoms with Gasteiger partial charge in [-0.2, -0.15) is 0 Å². The van der Waals surface area contributed by atoms with E-state index in [1.807, 2.05) is 36.4 Å². The molecule has 1 aliphatic heterocycles. The minimum Gasteiger partial charge on any atom is -0.492 e. The Morgan fingerprint density at radius 1 is 1.30 bits per heavy atom. The van der Waals surface area contributed by atoms with Gasteiger partial charge < -0.3 is 10.1 Å². The van der Waals surface area contributed by atoms with Crippen LogP contribution in [0.3, 0.4) is 0 Å². The summed E-state index contributed by atoms with van der Waals surface area (Å²) in [6, 6.07) is 13.3. The minimum absolute atomic E-state index is 0.0744. The molecule has 0 aliphatic carbocycles. The van der Waals surface area contributed by atoms with Gasteiger partial charge in [-0.25, -0.2) is 4.98 Å². The molecule has 4 nitrogen and oxygen atoms in total. The van der Waals surface area contributed by atoms with Gasteiger partial charge in [0.25, 0.3) is 0 Å². The molecular weight excluding hydrogens is 332 g/mol. The first-order valence-corrected chi connectivity index (χ1v) is 8.46. The lowest BCUT2D eigenvalue weighted by molar-refractivity contribution is -0.121. The van der Waals surface area contributed by atoms with Crippen molar-refractivity contribution in [3.05, 3.63) is 53.1 Å². The Balaban J connectivity index is 1.51. The van der Waals surface area contributed by atoms with Crippen molar-refractivity contribution in [2.75, 3.05) is 11.9 Å². The number of carbonyl (C=O) groups is 1. The van der Waals surface area contributed by atoms with Crippen molar-refractivity contribution in [1.29, 1.82) is 0 Å². The number of amides is 1. The van der Waals surface area contributed by atoms with Crippen LogP contribution in [0.15, 0.2) is 42.5 Å². The summed E-state index contributed by atoms with van der Waals surface area (Å²) < 4.78 is 6.73. The van der Waals surface area contributed by atoms with E-state index >= 15 is 0 Å². The highest BCUT2D eigenvalue weighted by Gasteiger charge is 2.26. The summed E-state index contributed by atoms with van der Waals surface area (Å²) in [4.78, 5) is 16.9. The predicted octanol–water partition coefficient (Wildman–Crippen LogP) is 4.14. The molecule has 3 aromatic rings. The lowest BCUT2D eigenvalue weighted by Gasteiger charge is -2.24. The van der Waals surface area contributed by atoms with Gasteiger partial charge in [-0.15, -0.1) is 0 Å². The topological polar surface area (TPSA) is 51.2 Å². The van der Waals surface area contributed by atoms with Crippen LogP contribution in [-0.2, 0) is 11.2 Å². The van der Waals surface area contributed by atoms with Crippen LogP contribution in [0.2, 0.25) is 5.02 Å². The second kappa shape index (κ2) is 5.83. The lowest BCUT2D eigenvalue weighted by Crippen LogP contribution is -2.32. The highest BCUT2D eigenvalue weighted by molar-refractivity contribution is 7.22. The third kappa shape index (κ3) is 2.90. The van der Waals surface area contributed by atoms with E-state index in [-0.39, 0.29) is 11.8 Å². The third-order valence-electron chi connectivity index (χ3n) is 3.82. The number of ether oxygens (including phenoxy) is 1. The van der Waals surface area contributed by atoms with Crippen molar-refractivity contribution in [3.63, 3.8) is 0 Å². The van der Waals surface area contributed by atoms with Gasteiger partial charge in [-0.1, -0.05) is 35.1 Å². The van der Waals surface area contributed by atoms with Crippen molar-refractivity contribution in [2.45, 2.75) is 6.42 Å². The van der Waals surface area contributed by atoms with Crippen LogP contribution in [0.25, 0.3) is 10.2 Å². The third-order valence-corrected chi connectivity index (χ3v) is 5.01. The first-order valence-electron chi connectivity index (χ1n) is 7.27. The van der Waals surface area contributed by atoms with Crippen molar-refractivity contribution in [1.82, 2.24) is 4.98 Å². The smallest absolute Gasteiger partial charge is 0.233 e. The predicted molar refractivity (Wildman–Crippen MR) is 92.4 cm³/mol. The fourth-order valence-electron chi connectivity index (χ4n) is 2.66. The number of rotatable bonds is 2. The normalized spacial score (nSPS) is 16.7. The quantitative estimate of drug-likeness (QED) is 0.760. The molecule has 0 saturated heterocycles. The molecule has 6 heteroatoms. The molecule has 1 unspecified atom stereocenters. The Kier molecular flexibility index (Phi) is 3.67. The first kappa shape index (κ1) is 14.5. The number of benzene rings is 2. The second-order valence-electron chi connectivity index (χ2n) is 5.44. The average Bonchev–Trinajstić information content (AvgIpc) is 2.96. The molecule has 0 fully saturated rings. The number of aromatic nitrogens is 1. The Morgan fingerprint density at radius 2 is 2.17 bits per heavy atom. The number of hydrogen-bond acceptors (Lipinski definition) is 4. The number of fused-ring (bicyclic) bond motifs is 2. The molecule has 0 spiro atoms. The molecule has 1 amide bonds. The summed E-state index contributed by atoms with van der Waals surface area (Å²) in [5, 5.41) is 4.17. The number of para-hydroxylation sites is 1. The van der Waals surface area contributed by atoms with E-state index in [2.05, 4.69) is 10.3 Å². The number of hydrogen-bond donors (Lipinski definition) is 1. The van der Waals surface area contributed by atoms with Gasteiger partial charge >= 0.3 is 0 Å². The monoisotopic (exact) mass is 344 g/mol. The molecule has 0 radical (unpaired) electrons. The molecule has 2 aromatic carbocycles. The summed E-state index contributed by atoms with van der Waals surface area (Å²) in [7, 11) is 0. The van der Waals surface area contributed by atoms with Crippen LogP contribution in [0.1, 0.15) is 5.56 Å².